The van der Waals surface area contributed by atoms with Gasteiger partial charge in [-0.15, -0.1) is 0 Å². The van der Waals surface area contributed by atoms with E-state index in [1.807, 2.05) is 0 Å². The van der Waals surface area contributed by atoms with E-state index in [1.54, 1.807) is 0 Å². The van der Waals surface area contributed by atoms with Crippen LogP contribution in [0.15, 0.2) is 0 Å². The van der Waals surface area contributed by atoms with Crippen LogP contribution in [0.4, 0.5) is 0 Å². The minimum absolute atomic E-state index is 0.350. The molecule has 0 spiro atoms. The van der Waals surface area contributed by atoms with Gasteiger partial charge >= 0.3 is 0 Å². The van der Waals surface area contributed by atoms with Crippen molar-refractivity contribution >= 4 is 5.91 Å². The highest BCUT2D eigenvalue weighted by molar-refractivity contribution is 5.76. The van der Waals surface area contributed by atoms with E-state index >= 15 is 0 Å². The summed E-state index contributed by atoms with van der Waals surface area (Å²) in [6, 6.07) is 0.639. The van der Waals surface area contributed by atoms with Crippen LogP contribution in [0.5, 0.6) is 0 Å². The Morgan fingerprint density at radius 2 is 2.04 bits per heavy atom. The van der Waals surface area contributed by atoms with Gasteiger partial charge in [-0.1, -0.05) is 6.92 Å². The molecule has 5 nitrogen and oxygen atoms in total. The lowest BCUT2D eigenvalue weighted by Crippen LogP contribution is -2.52. The smallest absolute Gasteiger partial charge is 0.222 e. The Morgan fingerprint density at radius 3 is 2.71 bits per heavy atom. The topological polar surface area (TPSA) is 44.8 Å². The summed E-state index contributed by atoms with van der Waals surface area (Å²) in [6.07, 6.45) is 5.86. The quantitative estimate of drug-likeness (QED) is 0.848. The first-order chi connectivity index (χ1) is 11.6. The number of likely N-dealkylation sites (tertiary alicyclic amines) is 1. The largest absolute Gasteiger partial charge is 0.376 e. The molecule has 0 aromatic carbocycles. The lowest BCUT2D eigenvalue weighted by molar-refractivity contribution is -0.134. The fourth-order valence-corrected chi connectivity index (χ4v) is 4.59. The van der Waals surface area contributed by atoms with Crippen LogP contribution in [-0.4, -0.2) is 73.7 Å². The zero-order chi connectivity index (χ0) is 16.9. The molecular weight excluding hydrogens is 302 g/mol. The molecule has 3 atom stereocenters. The van der Waals surface area contributed by atoms with Gasteiger partial charge in [-0.25, -0.2) is 0 Å². The van der Waals surface area contributed by atoms with E-state index in [4.69, 9.17) is 4.74 Å². The number of nitrogens with zero attached hydrogens (tertiary/aromatic N) is 2. The lowest BCUT2D eigenvalue weighted by Gasteiger charge is -2.42. The van der Waals surface area contributed by atoms with E-state index < -0.39 is 0 Å². The van der Waals surface area contributed by atoms with Crippen molar-refractivity contribution in [2.24, 2.45) is 11.8 Å². The molecule has 0 aromatic heterocycles. The van der Waals surface area contributed by atoms with Crippen molar-refractivity contribution in [2.45, 2.75) is 58.1 Å². The fourth-order valence-electron chi connectivity index (χ4n) is 4.59. The SMILES string of the molecule is CC1CN(C2CCN(C(=O)CC(C)C3CCCNC3)CC2)CCO1. The van der Waals surface area contributed by atoms with Gasteiger partial charge in [-0.2, -0.15) is 0 Å². The molecule has 24 heavy (non-hydrogen) atoms. The standard InChI is InChI=1S/C19H35N3O2/c1-15(17-4-3-7-20-13-17)12-19(23)21-8-5-18(6-9-21)22-10-11-24-16(2)14-22/h15-18,20H,3-14H2,1-2H3. The highest BCUT2D eigenvalue weighted by Gasteiger charge is 2.30. The second-order valence-corrected chi connectivity index (χ2v) is 8.08. The van der Waals surface area contributed by atoms with E-state index in [-0.39, 0.29) is 0 Å². The van der Waals surface area contributed by atoms with Crippen LogP contribution < -0.4 is 5.32 Å². The van der Waals surface area contributed by atoms with E-state index in [0.717, 1.165) is 65.1 Å². The third-order valence-electron chi connectivity index (χ3n) is 6.24. The Balaban J connectivity index is 1.41. The molecule has 0 aromatic rings. The van der Waals surface area contributed by atoms with Gasteiger partial charge in [0.1, 0.15) is 0 Å². The Kier molecular flexibility index (Phi) is 6.53. The van der Waals surface area contributed by atoms with Gasteiger partial charge in [0, 0.05) is 38.6 Å². The molecule has 3 aliphatic rings. The Hall–Kier alpha value is -0.650. The van der Waals surface area contributed by atoms with Crippen LogP contribution in [0.3, 0.4) is 0 Å². The van der Waals surface area contributed by atoms with Crippen molar-refractivity contribution in [3.63, 3.8) is 0 Å². The van der Waals surface area contributed by atoms with Gasteiger partial charge in [0.25, 0.3) is 0 Å². The Labute approximate surface area is 147 Å². The molecule has 1 N–H and O–H groups in total. The third-order valence-corrected chi connectivity index (χ3v) is 6.24. The van der Waals surface area contributed by atoms with Crippen molar-refractivity contribution in [2.75, 3.05) is 45.9 Å². The molecule has 5 heteroatoms. The number of ether oxygens (including phenoxy) is 1. The zero-order valence-corrected chi connectivity index (χ0v) is 15.5. The van der Waals surface area contributed by atoms with Crippen LogP contribution in [0.25, 0.3) is 0 Å². The maximum absolute atomic E-state index is 12.7. The highest BCUT2D eigenvalue weighted by atomic mass is 16.5. The molecule has 3 fully saturated rings. The lowest BCUT2D eigenvalue weighted by atomic mass is 9.85. The van der Waals surface area contributed by atoms with E-state index in [0.29, 0.717) is 29.9 Å². The average molecular weight is 338 g/mol. The summed E-state index contributed by atoms with van der Waals surface area (Å²) in [5, 5.41) is 3.47. The van der Waals surface area contributed by atoms with Gasteiger partial charge in [0.05, 0.1) is 12.7 Å². The molecule has 3 saturated heterocycles. The number of carbonyl (C=O) groups excluding carboxylic acids is 1. The molecule has 3 aliphatic heterocycles. The summed E-state index contributed by atoms with van der Waals surface area (Å²) in [4.78, 5) is 17.4. The Bertz CT molecular complexity index is 403. The summed E-state index contributed by atoms with van der Waals surface area (Å²) in [6.45, 7) is 11.5. The van der Waals surface area contributed by atoms with Crippen molar-refractivity contribution in [1.82, 2.24) is 15.1 Å². The summed E-state index contributed by atoms with van der Waals surface area (Å²) in [5.74, 6) is 1.56. The highest BCUT2D eigenvalue weighted by Crippen LogP contribution is 2.25. The maximum Gasteiger partial charge on any atom is 0.222 e. The molecule has 0 aliphatic carbocycles. The third kappa shape index (κ3) is 4.70. The number of carbonyl (C=O) groups is 1. The van der Waals surface area contributed by atoms with Gasteiger partial charge in [0.15, 0.2) is 0 Å². The van der Waals surface area contributed by atoms with E-state index in [1.165, 1.54) is 12.8 Å². The van der Waals surface area contributed by atoms with Crippen molar-refractivity contribution < 1.29 is 9.53 Å². The monoisotopic (exact) mass is 337 g/mol. The van der Waals surface area contributed by atoms with Gasteiger partial charge in [-0.3, -0.25) is 9.69 Å². The first-order valence-corrected chi connectivity index (χ1v) is 9.97. The summed E-state index contributed by atoms with van der Waals surface area (Å²) >= 11 is 0. The van der Waals surface area contributed by atoms with Crippen LogP contribution in [0.2, 0.25) is 0 Å². The van der Waals surface area contributed by atoms with Crippen molar-refractivity contribution in [1.29, 1.82) is 0 Å². The van der Waals surface area contributed by atoms with Crippen molar-refractivity contribution in [3.8, 4) is 0 Å². The molecular formula is C19H35N3O2. The normalized spacial score (nSPS) is 31.8. The number of rotatable bonds is 4. The predicted octanol–water partition coefficient (Wildman–Crippen LogP) is 1.72. The maximum atomic E-state index is 12.7. The average Bonchev–Trinajstić information content (AvgIpc) is 2.62. The van der Waals surface area contributed by atoms with Crippen molar-refractivity contribution in [3.05, 3.63) is 0 Å². The summed E-state index contributed by atoms with van der Waals surface area (Å²) in [5.41, 5.74) is 0. The van der Waals surface area contributed by atoms with Gasteiger partial charge in [0.2, 0.25) is 5.91 Å². The summed E-state index contributed by atoms with van der Waals surface area (Å²) in [7, 11) is 0. The second kappa shape index (κ2) is 8.63. The molecule has 138 valence electrons. The summed E-state index contributed by atoms with van der Waals surface area (Å²) < 4.78 is 5.65. The first kappa shape index (κ1) is 18.2. The van der Waals surface area contributed by atoms with Crippen LogP contribution in [-0.2, 0) is 9.53 Å². The first-order valence-electron chi connectivity index (χ1n) is 9.97. The molecule has 3 unspecified atom stereocenters. The molecule has 0 radical (unpaired) electrons. The number of morpholine rings is 1. The number of hydrogen-bond acceptors (Lipinski definition) is 4. The van der Waals surface area contributed by atoms with Crippen LogP contribution in [0, 0.1) is 11.8 Å². The molecule has 1 amide bonds. The zero-order valence-electron chi connectivity index (χ0n) is 15.5. The van der Waals surface area contributed by atoms with Gasteiger partial charge in [-0.05, 0) is 57.5 Å². The number of hydrogen-bond donors (Lipinski definition) is 1. The number of amides is 1. The fraction of sp³-hybridized carbons (Fsp3) is 0.947. The predicted molar refractivity (Wildman–Crippen MR) is 96.0 cm³/mol. The number of nitrogens with one attached hydrogen (secondary N) is 1. The minimum Gasteiger partial charge on any atom is -0.376 e. The molecule has 0 bridgehead atoms. The van der Waals surface area contributed by atoms with Gasteiger partial charge < -0.3 is 15.0 Å². The molecule has 3 heterocycles. The van der Waals surface area contributed by atoms with Crippen LogP contribution >= 0.6 is 0 Å². The number of piperidine rings is 2. The van der Waals surface area contributed by atoms with E-state index in [9.17, 15) is 4.79 Å². The van der Waals surface area contributed by atoms with E-state index in [2.05, 4.69) is 29.0 Å². The van der Waals surface area contributed by atoms with Crippen LogP contribution in [0.1, 0.15) is 46.0 Å². The Morgan fingerprint density at radius 1 is 1.25 bits per heavy atom. The minimum atomic E-state index is 0.350. The second-order valence-electron chi connectivity index (χ2n) is 8.08. The molecule has 0 saturated carbocycles. The molecule has 3 rings (SSSR count).